The Bertz CT molecular complexity index is 1180. The van der Waals surface area contributed by atoms with E-state index in [1.54, 1.807) is 54.6 Å². The van der Waals surface area contributed by atoms with E-state index in [4.69, 9.17) is 26.2 Å². The van der Waals surface area contributed by atoms with Crippen molar-refractivity contribution in [3.8, 4) is 11.5 Å². The van der Waals surface area contributed by atoms with E-state index < -0.39 is 5.97 Å². The minimum absolute atomic E-state index is 0.157. The summed E-state index contributed by atoms with van der Waals surface area (Å²) >= 11 is 9.32. The lowest BCUT2D eigenvalue weighted by atomic mass is 10.1. The average Bonchev–Trinajstić information content (AvgIpc) is 2.79. The molecule has 0 atom stereocenters. The Morgan fingerprint density at radius 2 is 1.85 bits per heavy atom. The molecule has 3 aromatic rings. The number of nitrogens with zero attached hydrogens (tertiary/aromatic N) is 1. The van der Waals surface area contributed by atoms with Gasteiger partial charge in [-0.25, -0.2) is 10.2 Å². The lowest BCUT2D eigenvalue weighted by Crippen LogP contribution is -2.17. The van der Waals surface area contributed by atoms with E-state index in [-0.39, 0.29) is 18.1 Å². The second kappa shape index (κ2) is 11.5. The van der Waals surface area contributed by atoms with Crippen LogP contribution in [0.2, 0.25) is 5.02 Å². The molecule has 0 unspecified atom stereocenters. The Morgan fingerprint density at radius 3 is 2.55 bits per heavy atom. The van der Waals surface area contributed by atoms with Gasteiger partial charge in [-0.2, -0.15) is 5.10 Å². The van der Waals surface area contributed by atoms with Crippen LogP contribution in [0.4, 0.5) is 0 Å². The van der Waals surface area contributed by atoms with E-state index in [1.165, 1.54) is 12.3 Å². The predicted molar refractivity (Wildman–Crippen MR) is 130 cm³/mol. The minimum atomic E-state index is -1.00. The molecule has 0 aliphatic heterocycles. The van der Waals surface area contributed by atoms with Crippen LogP contribution < -0.4 is 14.9 Å². The number of halogens is 2. The zero-order chi connectivity index (χ0) is 23.8. The van der Waals surface area contributed by atoms with Crippen molar-refractivity contribution in [2.75, 3.05) is 6.61 Å². The van der Waals surface area contributed by atoms with Gasteiger partial charge >= 0.3 is 5.97 Å². The molecule has 9 heteroatoms. The minimum Gasteiger partial charge on any atom is -0.490 e. The van der Waals surface area contributed by atoms with Crippen molar-refractivity contribution in [3.05, 3.63) is 92.4 Å². The molecule has 7 nitrogen and oxygen atoms in total. The molecule has 0 aliphatic carbocycles. The molecule has 0 aliphatic rings. The molecule has 3 rings (SSSR count). The van der Waals surface area contributed by atoms with Crippen LogP contribution in [0.25, 0.3) is 0 Å². The van der Waals surface area contributed by atoms with Crippen LogP contribution in [0.3, 0.4) is 0 Å². The summed E-state index contributed by atoms with van der Waals surface area (Å²) in [6.07, 6.45) is 1.49. The van der Waals surface area contributed by atoms with Crippen LogP contribution in [0, 0.1) is 0 Å². The highest BCUT2D eigenvalue weighted by atomic mass is 79.9. The first-order valence-electron chi connectivity index (χ1n) is 9.87. The number of carboxylic acid groups (broad SMARTS) is 1. The Hall–Kier alpha value is -3.36. The number of benzene rings is 3. The number of hydrogen-bond acceptors (Lipinski definition) is 5. The standard InChI is InChI=1S/C24H20BrClN2O5/c1-2-32-21-12-16(13-27-28-23(29)17-6-8-19(26)9-7-17)11-20(25)22(21)33-14-15-4-3-5-18(10-15)24(30)31/h3-13H,2,14H2,1H3,(H,28,29)(H,30,31)/b27-13-. The fourth-order valence-corrected chi connectivity index (χ4v) is 3.55. The third-order valence-corrected chi connectivity index (χ3v) is 5.22. The van der Waals surface area contributed by atoms with Crippen molar-refractivity contribution >= 4 is 45.6 Å². The van der Waals surface area contributed by atoms with Crippen molar-refractivity contribution in [2.24, 2.45) is 5.10 Å². The van der Waals surface area contributed by atoms with Gasteiger partial charge in [0.15, 0.2) is 11.5 Å². The average molecular weight is 532 g/mol. The van der Waals surface area contributed by atoms with Gasteiger partial charge in [-0.05, 0) is 82.5 Å². The molecule has 170 valence electrons. The first-order chi connectivity index (χ1) is 15.9. The number of carbonyl (C=O) groups excluding carboxylic acids is 1. The maximum atomic E-state index is 12.2. The van der Waals surface area contributed by atoms with Crippen LogP contribution >= 0.6 is 27.5 Å². The van der Waals surface area contributed by atoms with E-state index >= 15 is 0 Å². The molecule has 0 bridgehead atoms. The van der Waals surface area contributed by atoms with E-state index in [1.807, 2.05) is 6.92 Å². The molecule has 3 aromatic carbocycles. The Labute approximate surface area is 204 Å². The second-order valence-electron chi connectivity index (χ2n) is 6.76. The number of amides is 1. The van der Waals surface area contributed by atoms with Gasteiger partial charge in [0, 0.05) is 10.6 Å². The lowest BCUT2D eigenvalue weighted by Gasteiger charge is -2.15. The fraction of sp³-hybridized carbons (Fsp3) is 0.125. The molecule has 0 saturated heterocycles. The van der Waals surface area contributed by atoms with Crippen LogP contribution in [-0.2, 0) is 6.61 Å². The summed E-state index contributed by atoms with van der Waals surface area (Å²) in [6.45, 7) is 2.41. The third-order valence-electron chi connectivity index (χ3n) is 4.37. The van der Waals surface area contributed by atoms with Gasteiger partial charge in [0.2, 0.25) is 0 Å². The summed E-state index contributed by atoms with van der Waals surface area (Å²) in [6, 6.07) is 16.5. The van der Waals surface area contributed by atoms with Gasteiger partial charge in [-0.3, -0.25) is 4.79 Å². The molecule has 33 heavy (non-hydrogen) atoms. The van der Waals surface area contributed by atoms with Gasteiger partial charge in [0.1, 0.15) is 6.61 Å². The molecule has 2 N–H and O–H groups in total. The maximum absolute atomic E-state index is 12.2. The zero-order valence-corrected chi connectivity index (χ0v) is 19.9. The monoisotopic (exact) mass is 530 g/mol. The maximum Gasteiger partial charge on any atom is 0.335 e. The summed E-state index contributed by atoms with van der Waals surface area (Å²) in [5.41, 5.74) is 4.46. The molecule has 0 radical (unpaired) electrons. The lowest BCUT2D eigenvalue weighted by molar-refractivity contribution is 0.0696. The Balaban J connectivity index is 1.72. The molecule has 1 amide bonds. The molecule has 0 heterocycles. The molecular formula is C24H20BrClN2O5. The van der Waals surface area contributed by atoms with Crippen molar-refractivity contribution in [1.82, 2.24) is 5.43 Å². The van der Waals surface area contributed by atoms with E-state index in [0.717, 1.165) is 0 Å². The van der Waals surface area contributed by atoms with Crippen molar-refractivity contribution in [2.45, 2.75) is 13.5 Å². The van der Waals surface area contributed by atoms with E-state index in [2.05, 4.69) is 26.5 Å². The van der Waals surface area contributed by atoms with E-state index in [0.29, 0.717) is 44.3 Å². The largest absolute Gasteiger partial charge is 0.490 e. The van der Waals surface area contributed by atoms with Crippen LogP contribution in [0.1, 0.15) is 38.8 Å². The van der Waals surface area contributed by atoms with Crippen molar-refractivity contribution < 1.29 is 24.2 Å². The Morgan fingerprint density at radius 1 is 1.09 bits per heavy atom. The molecular weight excluding hydrogens is 512 g/mol. The summed E-state index contributed by atoms with van der Waals surface area (Å²) in [7, 11) is 0. The van der Waals surface area contributed by atoms with Crippen molar-refractivity contribution in [3.63, 3.8) is 0 Å². The summed E-state index contributed by atoms with van der Waals surface area (Å²) < 4.78 is 12.2. The summed E-state index contributed by atoms with van der Waals surface area (Å²) in [5.74, 6) is -0.415. The first-order valence-corrected chi connectivity index (χ1v) is 11.0. The molecule has 0 aromatic heterocycles. The van der Waals surface area contributed by atoms with Crippen molar-refractivity contribution in [1.29, 1.82) is 0 Å². The smallest absolute Gasteiger partial charge is 0.335 e. The van der Waals surface area contributed by atoms with Crippen LogP contribution in [-0.4, -0.2) is 29.8 Å². The van der Waals surface area contributed by atoms with E-state index in [9.17, 15) is 9.59 Å². The van der Waals surface area contributed by atoms with Gasteiger partial charge < -0.3 is 14.6 Å². The quantitative estimate of drug-likeness (QED) is 0.279. The van der Waals surface area contributed by atoms with Gasteiger partial charge in [-0.15, -0.1) is 0 Å². The van der Waals surface area contributed by atoms with Crippen LogP contribution in [0.15, 0.2) is 70.2 Å². The zero-order valence-electron chi connectivity index (χ0n) is 17.5. The number of aromatic carboxylic acids is 1. The predicted octanol–water partition coefficient (Wildman–Crippen LogP) is 5.54. The van der Waals surface area contributed by atoms with Gasteiger partial charge in [-0.1, -0.05) is 23.7 Å². The normalized spacial score (nSPS) is 10.8. The number of hydrazone groups is 1. The highest BCUT2D eigenvalue weighted by Crippen LogP contribution is 2.37. The third kappa shape index (κ3) is 6.81. The highest BCUT2D eigenvalue weighted by Gasteiger charge is 2.13. The topological polar surface area (TPSA) is 97.2 Å². The summed E-state index contributed by atoms with van der Waals surface area (Å²) in [5, 5.41) is 13.7. The first kappa shape index (κ1) is 24.3. The number of rotatable bonds is 9. The molecule has 0 fully saturated rings. The van der Waals surface area contributed by atoms with Gasteiger partial charge in [0.25, 0.3) is 5.91 Å². The number of carboxylic acids is 1. The fourth-order valence-electron chi connectivity index (χ4n) is 2.85. The second-order valence-corrected chi connectivity index (χ2v) is 8.05. The number of carbonyl (C=O) groups is 2. The Kier molecular flexibility index (Phi) is 8.46. The summed E-state index contributed by atoms with van der Waals surface area (Å²) in [4.78, 5) is 23.3. The van der Waals surface area contributed by atoms with Gasteiger partial charge in [0.05, 0.1) is 22.9 Å². The number of hydrogen-bond donors (Lipinski definition) is 2. The number of ether oxygens (including phenoxy) is 2. The SMILES string of the molecule is CCOc1cc(/C=N\NC(=O)c2ccc(Cl)cc2)cc(Br)c1OCc1cccc(C(=O)O)c1. The number of nitrogens with one attached hydrogen (secondary N) is 1. The molecule has 0 saturated carbocycles. The van der Waals surface area contributed by atoms with Crippen LogP contribution in [0.5, 0.6) is 11.5 Å². The molecule has 0 spiro atoms. The highest BCUT2D eigenvalue weighted by molar-refractivity contribution is 9.10.